The van der Waals surface area contributed by atoms with E-state index in [0.29, 0.717) is 0 Å². The fourth-order valence-electron chi connectivity index (χ4n) is 2.98. The lowest BCUT2D eigenvalue weighted by Crippen LogP contribution is -2.23. The van der Waals surface area contributed by atoms with Gasteiger partial charge in [-0.3, -0.25) is 4.90 Å². The van der Waals surface area contributed by atoms with Crippen LogP contribution >= 0.6 is 11.3 Å². The molecule has 0 saturated carbocycles. The molecule has 0 spiro atoms. The van der Waals surface area contributed by atoms with E-state index in [-0.39, 0.29) is 0 Å². The first-order valence-corrected chi connectivity index (χ1v) is 8.69. The molecule has 6 heteroatoms. The van der Waals surface area contributed by atoms with Crippen molar-refractivity contribution in [2.45, 2.75) is 32.2 Å². The molecule has 3 aromatic rings. The number of hydrogen-bond acceptors (Lipinski definition) is 5. The number of hydrogen-bond donors (Lipinski definition) is 0. The molecule has 0 N–H and O–H groups in total. The molecule has 0 unspecified atom stereocenters. The lowest BCUT2D eigenvalue weighted by molar-refractivity contribution is 0.279. The van der Waals surface area contributed by atoms with Gasteiger partial charge in [-0.05, 0) is 50.2 Å². The van der Waals surface area contributed by atoms with Crippen LogP contribution in [0.2, 0.25) is 0 Å². The summed E-state index contributed by atoms with van der Waals surface area (Å²) >= 11 is 1.84. The van der Waals surface area contributed by atoms with Crippen LogP contribution < -0.4 is 0 Å². The van der Waals surface area contributed by atoms with E-state index in [2.05, 4.69) is 32.3 Å². The average Bonchev–Trinajstić information content (AvgIpc) is 3.11. The van der Waals surface area contributed by atoms with E-state index in [9.17, 15) is 0 Å². The standard InChI is InChI=1S/C16H19N5S/c1-2-4-10-20(9-3-1)11-13-5-7-15(22-13)14-6-8-16-18-17-12-21(16)19-14/h5-8,12H,1-4,9-11H2. The second kappa shape index (κ2) is 6.14. The number of likely N-dealkylation sites (tertiary alicyclic amines) is 1. The van der Waals surface area contributed by atoms with Crippen molar-refractivity contribution in [2.75, 3.05) is 13.1 Å². The number of fused-ring (bicyclic) bond motifs is 1. The van der Waals surface area contributed by atoms with Gasteiger partial charge in [0.1, 0.15) is 12.0 Å². The van der Waals surface area contributed by atoms with E-state index in [1.54, 1.807) is 10.8 Å². The van der Waals surface area contributed by atoms with Crippen molar-refractivity contribution in [3.8, 4) is 10.6 Å². The summed E-state index contributed by atoms with van der Waals surface area (Å²) in [5.74, 6) is 0. The molecule has 1 aliphatic rings. The SMILES string of the molecule is c1cc2nncn2nc1-c1ccc(CN2CCCCCC2)s1. The Balaban J connectivity index is 1.52. The van der Waals surface area contributed by atoms with Crippen molar-refractivity contribution in [3.05, 3.63) is 35.5 Å². The Labute approximate surface area is 133 Å². The van der Waals surface area contributed by atoms with Gasteiger partial charge in [-0.1, -0.05) is 12.8 Å². The molecule has 1 fully saturated rings. The first-order valence-electron chi connectivity index (χ1n) is 7.87. The largest absolute Gasteiger partial charge is 0.298 e. The van der Waals surface area contributed by atoms with Gasteiger partial charge in [0.05, 0.1) is 4.88 Å². The third-order valence-corrected chi connectivity index (χ3v) is 5.25. The maximum atomic E-state index is 4.57. The van der Waals surface area contributed by atoms with Crippen molar-refractivity contribution in [2.24, 2.45) is 0 Å². The number of thiophene rings is 1. The first-order chi connectivity index (χ1) is 10.9. The molecular formula is C16H19N5S. The van der Waals surface area contributed by atoms with Gasteiger partial charge in [0, 0.05) is 11.4 Å². The molecule has 1 aliphatic heterocycles. The third kappa shape index (κ3) is 2.89. The van der Waals surface area contributed by atoms with Crippen LogP contribution in [0, 0.1) is 0 Å². The summed E-state index contributed by atoms with van der Waals surface area (Å²) in [6.07, 6.45) is 7.09. The topological polar surface area (TPSA) is 46.3 Å². The summed E-state index contributed by atoms with van der Waals surface area (Å²) in [6.45, 7) is 3.54. The van der Waals surface area contributed by atoms with E-state index in [4.69, 9.17) is 0 Å². The number of aromatic nitrogens is 4. The van der Waals surface area contributed by atoms with Crippen molar-refractivity contribution in [1.29, 1.82) is 0 Å². The minimum absolute atomic E-state index is 0.782. The van der Waals surface area contributed by atoms with Crippen LogP contribution in [0.25, 0.3) is 16.2 Å². The van der Waals surface area contributed by atoms with Crippen LogP contribution in [0.5, 0.6) is 0 Å². The van der Waals surface area contributed by atoms with E-state index in [1.807, 2.05) is 23.5 Å². The molecule has 3 aromatic heterocycles. The monoisotopic (exact) mass is 313 g/mol. The van der Waals surface area contributed by atoms with Gasteiger partial charge < -0.3 is 0 Å². The molecule has 0 bridgehead atoms. The van der Waals surface area contributed by atoms with Gasteiger partial charge in [-0.15, -0.1) is 21.5 Å². The average molecular weight is 313 g/mol. The molecule has 1 saturated heterocycles. The quantitative estimate of drug-likeness (QED) is 0.745. The predicted octanol–water partition coefficient (Wildman–Crippen LogP) is 3.23. The normalized spacial score (nSPS) is 16.9. The van der Waals surface area contributed by atoms with Gasteiger partial charge in [0.2, 0.25) is 0 Å². The van der Waals surface area contributed by atoms with Crippen LogP contribution in [0.4, 0.5) is 0 Å². The second-order valence-electron chi connectivity index (χ2n) is 5.81. The van der Waals surface area contributed by atoms with Gasteiger partial charge >= 0.3 is 0 Å². The van der Waals surface area contributed by atoms with Gasteiger partial charge in [0.15, 0.2) is 5.65 Å². The van der Waals surface area contributed by atoms with E-state index < -0.39 is 0 Å². The lowest BCUT2D eigenvalue weighted by atomic mass is 10.2. The summed E-state index contributed by atoms with van der Waals surface area (Å²) in [4.78, 5) is 5.21. The van der Waals surface area contributed by atoms with E-state index in [1.165, 1.54) is 48.5 Å². The Kier molecular flexibility index (Phi) is 3.86. The number of nitrogens with zero attached hydrogens (tertiary/aromatic N) is 5. The Morgan fingerprint density at radius 1 is 1.00 bits per heavy atom. The Bertz CT molecular complexity index is 755. The first kappa shape index (κ1) is 13.8. The summed E-state index contributed by atoms with van der Waals surface area (Å²) in [5.41, 5.74) is 1.77. The smallest absolute Gasteiger partial charge is 0.177 e. The molecule has 4 rings (SSSR count). The highest BCUT2D eigenvalue weighted by Gasteiger charge is 2.12. The number of rotatable bonds is 3. The maximum absolute atomic E-state index is 4.57. The zero-order chi connectivity index (χ0) is 14.8. The maximum Gasteiger partial charge on any atom is 0.177 e. The zero-order valence-corrected chi connectivity index (χ0v) is 13.3. The van der Waals surface area contributed by atoms with Crippen molar-refractivity contribution < 1.29 is 0 Å². The Morgan fingerprint density at radius 2 is 1.86 bits per heavy atom. The van der Waals surface area contributed by atoms with Gasteiger partial charge in [0.25, 0.3) is 0 Å². The van der Waals surface area contributed by atoms with Gasteiger partial charge in [-0.25, -0.2) is 0 Å². The minimum atomic E-state index is 0.782. The van der Waals surface area contributed by atoms with Crippen molar-refractivity contribution in [3.63, 3.8) is 0 Å². The molecular weight excluding hydrogens is 294 g/mol. The molecule has 0 aliphatic carbocycles. The van der Waals surface area contributed by atoms with Gasteiger partial charge in [-0.2, -0.15) is 9.61 Å². The molecule has 0 radical (unpaired) electrons. The highest BCUT2D eigenvalue weighted by Crippen LogP contribution is 2.28. The van der Waals surface area contributed by atoms with Crippen LogP contribution in [0.15, 0.2) is 30.6 Å². The predicted molar refractivity (Wildman–Crippen MR) is 87.8 cm³/mol. The Hall–Kier alpha value is -1.79. The van der Waals surface area contributed by atoms with Crippen molar-refractivity contribution in [1.82, 2.24) is 24.7 Å². The summed E-state index contributed by atoms with van der Waals surface area (Å²) in [5, 5.41) is 12.4. The van der Waals surface area contributed by atoms with E-state index in [0.717, 1.165) is 17.9 Å². The highest BCUT2D eigenvalue weighted by molar-refractivity contribution is 7.15. The fourth-order valence-corrected chi connectivity index (χ4v) is 3.99. The fraction of sp³-hybridized carbons (Fsp3) is 0.438. The lowest BCUT2D eigenvalue weighted by Gasteiger charge is -2.18. The highest BCUT2D eigenvalue weighted by atomic mass is 32.1. The molecule has 5 nitrogen and oxygen atoms in total. The molecule has 0 amide bonds. The third-order valence-electron chi connectivity index (χ3n) is 4.15. The molecule has 0 atom stereocenters. The van der Waals surface area contributed by atoms with Crippen LogP contribution in [0.3, 0.4) is 0 Å². The minimum Gasteiger partial charge on any atom is -0.298 e. The summed E-state index contributed by atoms with van der Waals surface area (Å²) < 4.78 is 1.73. The second-order valence-corrected chi connectivity index (χ2v) is 6.98. The zero-order valence-electron chi connectivity index (χ0n) is 12.5. The molecule has 22 heavy (non-hydrogen) atoms. The summed E-state index contributed by atoms with van der Waals surface area (Å²) in [7, 11) is 0. The molecule has 0 aromatic carbocycles. The Morgan fingerprint density at radius 3 is 2.73 bits per heavy atom. The van der Waals surface area contributed by atoms with E-state index >= 15 is 0 Å². The van der Waals surface area contributed by atoms with Crippen LogP contribution in [-0.2, 0) is 6.54 Å². The summed E-state index contributed by atoms with van der Waals surface area (Å²) in [6, 6.07) is 8.40. The van der Waals surface area contributed by atoms with Crippen molar-refractivity contribution >= 4 is 17.0 Å². The van der Waals surface area contributed by atoms with Crippen LogP contribution in [-0.4, -0.2) is 37.8 Å². The van der Waals surface area contributed by atoms with Crippen LogP contribution in [0.1, 0.15) is 30.6 Å². The molecule has 4 heterocycles. The molecule has 114 valence electrons.